The van der Waals surface area contributed by atoms with Gasteiger partial charge in [0, 0.05) is 12.1 Å². The molecule has 1 aliphatic rings. The van der Waals surface area contributed by atoms with Crippen LogP contribution >= 0.6 is 8.58 Å². The van der Waals surface area contributed by atoms with Crippen molar-refractivity contribution < 1.29 is 19.4 Å². The van der Waals surface area contributed by atoms with Crippen LogP contribution in [0.25, 0.3) is 0 Å². The molecule has 0 bridgehead atoms. The minimum absolute atomic E-state index is 0.0810. The fourth-order valence-electron chi connectivity index (χ4n) is 2.23. The second-order valence-corrected chi connectivity index (χ2v) is 6.09. The van der Waals surface area contributed by atoms with Crippen LogP contribution in [0.4, 0.5) is 0 Å². The summed E-state index contributed by atoms with van der Waals surface area (Å²) in [5.41, 5.74) is 5.89. The average Bonchev–Trinajstić information content (AvgIpc) is 2.82. The fourth-order valence-corrected chi connectivity index (χ4v) is 3.86. The van der Waals surface area contributed by atoms with Crippen molar-refractivity contribution in [1.82, 2.24) is 0 Å². The molecule has 0 aromatic rings. The molecule has 5 nitrogen and oxygen atoms in total. The molecule has 3 N–H and O–H groups in total. The molecule has 0 saturated carbocycles. The Kier molecular flexibility index (Phi) is 7.08. The van der Waals surface area contributed by atoms with E-state index >= 15 is 0 Å². The molecule has 2 unspecified atom stereocenters. The van der Waals surface area contributed by atoms with Crippen LogP contribution in [0, 0.1) is 0 Å². The van der Waals surface area contributed by atoms with E-state index in [0.717, 1.165) is 19.0 Å². The van der Waals surface area contributed by atoms with Crippen LogP contribution < -0.4 is 5.73 Å². The molecule has 1 heterocycles. The lowest BCUT2D eigenvalue weighted by Gasteiger charge is -2.35. The lowest BCUT2D eigenvalue weighted by molar-refractivity contribution is -0.169. The summed E-state index contributed by atoms with van der Waals surface area (Å²) in [6.45, 7) is 3.84. The van der Waals surface area contributed by atoms with Crippen LogP contribution in [0.2, 0.25) is 0 Å². The Bertz CT molecular complexity index is 256. The van der Waals surface area contributed by atoms with Gasteiger partial charge in [0.25, 0.3) is 0 Å². The Morgan fingerprint density at radius 3 is 2.67 bits per heavy atom. The number of carboxylic acid groups (broad SMARTS) is 1. The van der Waals surface area contributed by atoms with Gasteiger partial charge in [0.15, 0.2) is 5.79 Å². The van der Waals surface area contributed by atoms with E-state index in [1.807, 2.05) is 0 Å². The van der Waals surface area contributed by atoms with Crippen molar-refractivity contribution in [2.45, 2.75) is 44.1 Å². The Balaban J connectivity index is 2.67. The lowest BCUT2D eigenvalue weighted by atomic mass is 10.0. The van der Waals surface area contributed by atoms with Crippen LogP contribution in [0.15, 0.2) is 0 Å². The van der Waals surface area contributed by atoms with Crippen molar-refractivity contribution >= 4 is 14.6 Å². The number of aliphatic carboxylic acids is 1. The van der Waals surface area contributed by atoms with Gasteiger partial charge in [-0.25, -0.2) is 0 Å². The summed E-state index contributed by atoms with van der Waals surface area (Å²) in [6, 6.07) is 0. The first-order valence-electron chi connectivity index (χ1n) is 6.57. The van der Waals surface area contributed by atoms with Gasteiger partial charge >= 0.3 is 5.97 Å². The molecule has 2 atom stereocenters. The molecule has 0 aromatic carbocycles. The van der Waals surface area contributed by atoms with Crippen LogP contribution in [-0.2, 0) is 14.3 Å². The standard InChI is InChI=1S/C12H24NO4P/c1-2-9-18-10(4-6-13)12(5-3-11(14)15)16-7-8-17-12/h10,18H,2-9,13H2,1H3,(H,14,15). The number of carbonyl (C=O) groups is 1. The Morgan fingerprint density at radius 2 is 2.17 bits per heavy atom. The Labute approximate surface area is 110 Å². The van der Waals surface area contributed by atoms with E-state index in [0.29, 0.717) is 34.8 Å². The maximum Gasteiger partial charge on any atom is 0.303 e. The lowest BCUT2D eigenvalue weighted by Crippen LogP contribution is -2.42. The number of carboxylic acids is 1. The van der Waals surface area contributed by atoms with Gasteiger partial charge < -0.3 is 20.3 Å². The zero-order chi connectivity index (χ0) is 13.4. The van der Waals surface area contributed by atoms with Crippen molar-refractivity contribution in [1.29, 1.82) is 0 Å². The number of nitrogens with two attached hydrogens (primary N) is 1. The third kappa shape index (κ3) is 4.47. The molecule has 106 valence electrons. The minimum Gasteiger partial charge on any atom is -0.481 e. The summed E-state index contributed by atoms with van der Waals surface area (Å²) >= 11 is 0. The SMILES string of the molecule is CCCPC(CCN)C1(CCC(=O)O)OCCO1. The van der Waals surface area contributed by atoms with Crippen LogP contribution in [-0.4, -0.2) is 48.4 Å². The van der Waals surface area contributed by atoms with Crippen LogP contribution in [0.1, 0.15) is 32.6 Å². The second-order valence-electron chi connectivity index (χ2n) is 4.49. The van der Waals surface area contributed by atoms with E-state index in [9.17, 15) is 4.79 Å². The monoisotopic (exact) mass is 277 g/mol. The van der Waals surface area contributed by atoms with Gasteiger partial charge in [0.05, 0.1) is 19.6 Å². The molecule has 0 radical (unpaired) electrons. The van der Waals surface area contributed by atoms with Gasteiger partial charge in [-0.05, 0) is 19.1 Å². The normalized spacial score (nSPS) is 20.6. The topological polar surface area (TPSA) is 81.8 Å². The minimum atomic E-state index is -0.807. The van der Waals surface area contributed by atoms with Crippen LogP contribution in [0.3, 0.4) is 0 Å². The number of hydrogen-bond acceptors (Lipinski definition) is 4. The molecule has 1 rings (SSSR count). The van der Waals surface area contributed by atoms with E-state index < -0.39 is 11.8 Å². The molecular weight excluding hydrogens is 253 g/mol. The molecule has 0 aromatic heterocycles. The van der Waals surface area contributed by atoms with E-state index in [1.54, 1.807) is 0 Å². The third-order valence-corrected chi connectivity index (χ3v) is 5.10. The van der Waals surface area contributed by atoms with E-state index in [2.05, 4.69) is 6.92 Å². The van der Waals surface area contributed by atoms with Crippen molar-refractivity contribution in [2.24, 2.45) is 5.73 Å². The third-order valence-electron chi connectivity index (χ3n) is 3.09. The summed E-state index contributed by atoms with van der Waals surface area (Å²) in [5, 5.41) is 8.84. The predicted molar refractivity (Wildman–Crippen MR) is 72.4 cm³/mol. The average molecular weight is 277 g/mol. The summed E-state index contributed by atoms with van der Waals surface area (Å²) < 4.78 is 11.5. The molecule has 1 fully saturated rings. The molecule has 1 aliphatic heterocycles. The highest BCUT2D eigenvalue weighted by molar-refractivity contribution is 7.39. The maximum absolute atomic E-state index is 10.8. The smallest absolute Gasteiger partial charge is 0.303 e. The number of ether oxygens (including phenoxy) is 2. The number of hydrogen-bond donors (Lipinski definition) is 2. The fraction of sp³-hybridized carbons (Fsp3) is 0.917. The van der Waals surface area contributed by atoms with Crippen LogP contribution in [0.5, 0.6) is 0 Å². The summed E-state index contributed by atoms with van der Waals surface area (Å²) in [4.78, 5) is 10.8. The van der Waals surface area contributed by atoms with E-state index in [4.69, 9.17) is 20.3 Å². The van der Waals surface area contributed by atoms with Crippen molar-refractivity contribution in [3.8, 4) is 0 Å². The molecule has 0 aliphatic carbocycles. The largest absolute Gasteiger partial charge is 0.481 e. The summed E-state index contributed by atoms with van der Waals surface area (Å²) in [6.07, 6.45) is 3.57. The zero-order valence-electron chi connectivity index (χ0n) is 11.0. The van der Waals surface area contributed by atoms with Crippen molar-refractivity contribution in [2.75, 3.05) is 25.9 Å². The van der Waals surface area contributed by atoms with Gasteiger partial charge in [-0.1, -0.05) is 13.3 Å². The molecule has 1 saturated heterocycles. The molecule has 18 heavy (non-hydrogen) atoms. The van der Waals surface area contributed by atoms with Gasteiger partial charge in [-0.2, -0.15) is 0 Å². The summed E-state index contributed by atoms with van der Waals surface area (Å²) in [7, 11) is 0.716. The van der Waals surface area contributed by atoms with Crippen molar-refractivity contribution in [3.05, 3.63) is 0 Å². The highest BCUT2D eigenvalue weighted by Crippen LogP contribution is 2.40. The first-order valence-corrected chi connectivity index (χ1v) is 7.86. The first kappa shape index (κ1) is 15.8. The molecule has 0 amide bonds. The zero-order valence-corrected chi connectivity index (χ0v) is 12.0. The van der Waals surface area contributed by atoms with Crippen molar-refractivity contribution in [3.63, 3.8) is 0 Å². The number of rotatable bonds is 9. The Hall–Kier alpha value is -0.220. The highest BCUT2D eigenvalue weighted by atomic mass is 31.1. The predicted octanol–water partition coefficient (Wildman–Crippen LogP) is 1.40. The highest BCUT2D eigenvalue weighted by Gasteiger charge is 2.43. The molecule has 6 heteroatoms. The van der Waals surface area contributed by atoms with Gasteiger partial charge in [-0.15, -0.1) is 8.58 Å². The first-order chi connectivity index (χ1) is 8.64. The Morgan fingerprint density at radius 1 is 1.50 bits per heavy atom. The van der Waals surface area contributed by atoms with E-state index in [1.165, 1.54) is 0 Å². The van der Waals surface area contributed by atoms with Gasteiger partial charge in [0.2, 0.25) is 0 Å². The maximum atomic E-state index is 10.8. The second kappa shape index (κ2) is 8.05. The quantitative estimate of drug-likeness (QED) is 0.623. The molecule has 0 spiro atoms. The van der Waals surface area contributed by atoms with Gasteiger partial charge in [-0.3, -0.25) is 4.79 Å². The van der Waals surface area contributed by atoms with Gasteiger partial charge in [0.1, 0.15) is 0 Å². The van der Waals surface area contributed by atoms with E-state index in [-0.39, 0.29) is 12.1 Å². The summed E-state index contributed by atoms with van der Waals surface area (Å²) in [5.74, 6) is -1.51. The molecular formula is C12H24NO4P.